The summed E-state index contributed by atoms with van der Waals surface area (Å²) in [7, 11) is 1.71. The molecule has 1 N–H and O–H groups in total. The number of aromatic nitrogens is 2. The monoisotopic (exact) mass is 273 g/mol. The Hall–Kier alpha value is -1.88. The lowest BCUT2D eigenvalue weighted by Crippen LogP contribution is -2.27. The standard InChI is InChI=1S/C15H19N3O2/c1-19-12-6-5-11-3-2-4-14(13(11)9-12)16-8-7-15-17-10-20-18-15/h5-6,9-10,14,16H,2-4,7-8H2,1H3. The molecule has 5 heteroatoms. The molecular formula is C15H19N3O2. The highest BCUT2D eigenvalue weighted by atomic mass is 16.5. The van der Waals surface area contributed by atoms with E-state index >= 15 is 0 Å². The van der Waals surface area contributed by atoms with Gasteiger partial charge in [0.15, 0.2) is 5.82 Å². The third-order valence-corrected chi connectivity index (χ3v) is 3.81. The predicted octanol–water partition coefficient (Wildman–Crippen LogP) is 2.29. The molecule has 0 saturated heterocycles. The molecule has 1 aromatic heterocycles. The van der Waals surface area contributed by atoms with Crippen molar-refractivity contribution in [3.05, 3.63) is 41.5 Å². The number of methoxy groups -OCH3 is 1. The fourth-order valence-corrected chi connectivity index (χ4v) is 2.78. The summed E-state index contributed by atoms with van der Waals surface area (Å²) in [5.41, 5.74) is 2.79. The summed E-state index contributed by atoms with van der Waals surface area (Å²) >= 11 is 0. The van der Waals surface area contributed by atoms with Crippen molar-refractivity contribution in [3.8, 4) is 5.75 Å². The first-order valence-corrected chi connectivity index (χ1v) is 7.02. The minimum Gasteiger partial charge on any atom is -0.497 e. The van der Waals surface area contributed by atoms with Crippen LogP contribution in [0.3, 0.4) is 0 Å². The number of nitrogens with one attached hydrogen (secondary N) is 1. The molecule has 1 unspecified atom stereocenters. The zero-order valence-corrected chi connectivity index (χ0v) is 11.6. The zero-order valence-electron chi connectivity index (χ0n) is 11.6. The Balaban J connectivity index is 1.66. The van der Waals surface area contributed by atoms with Crippen molar-refractivity contribution in [2.45, 2.75) is 31.7 Å². The van der Waals surface area contributed by atoms with Crippen LogP contribution in [0.1, 0.15) is 35.8 Å². The molecule has 106 valence electrons. The van der Waals surface area contributed by atoms with Gasteiger partial charge < -0.3 is 14.6 Å². The molecule has 0 bridgehead atoms. The van der Waals surface area contributed by atoms with E-state index in [1.165, 1.54) is 23.9 Å². The van der Waals surface area contributed by atoms with Crippen LogP contribution < -0.4 is 10.1 Å². The molecule has 1 atom stereocenters. The molecule has 0 aliphatic heterocycles. The third kappa shape index (κ3) is 2.82. The van der Waals surface area contributed by atoms with Crippen LogP contribution in [0.2, 0.25) is 0 Å². The van der Waals surface area contributed by atoms with Gasteiger partial charge in [-0.25, -0.2) is 0 Å². The van der Waals surface area contributed by atoms with Crippen molar-refractivity contribution in [2.24, 2.45) is 0 Å². The maximum Gasteiger partial charge on any atom is 0.213 e. The molecule has 1 aliphatic carbocycles. The molecule has 0 radical (unpaired) electrons. The van der Waals surface area contributed by atoms with Crippen LogP contribution in [0.25, 0.3) is 0 Å². The molecule has 2 aromatic rings. The average Bonchev–Trinajstić information content (AvgIpc) is 3.00. The Morgan fingerprint density at radius 3 is 3.20 bits per heavy atom. The van der Waals surface area contributed by atoms with Crippen LogP contribution in [0.5, 0.6) is 5.75 Å². The van der Waals surface area contributed by atoms with Crippen molar-refractivity contribution >= 4 is 0 Å². The highest BCUT2D eigenvalue weighted by Crippen LogP contribution is 2.32. The highest BCUT2D eigenvalue weighted by molar-refractivity contribution is 5.39. The second kappa shape index (κ2) is 6.05. The molecule has 1 aromatic carbocycles. The van der Waals surface area contributed by atoms with E-state index in [1.54, 1.807) is 7.11 Å². The highest BCUT2D eigenvalue weighted by Gasteiger charge is 2.20. The lowest BCUT2D eigenvalue weighted by atomic mass is 9.87. The van der Waals surface area contributed by atoms with Gasteiger partial charge in [0.25, 0.3) is 0 Å². The van der Waals surface area contributed by atoms with E-state index in [0.29, 0.717) is 6.04 Å². The van der Waals surface area contributed by atoms with E-state index in [9.17, 15) is 0 Å². The first kappa shape index (κ1) is 13.1. The molecule has 5 nitrogen and oxygen atoms in total. The average molecular weight is 273 g/mol. The number of fused-ring (bicyclic) bond motifs is 1. The number of hydrogen-bond acceptors (Lipinski definition) is 5. The summed E-state index contributed by atoms with van der Waals surface area (Å²) in [5, 5.41) is 7.41. The van der Waals surface area contributed by atoms with E-state index < -0.39 is 0 Å². The van der Waals surface area contributed by atoms with Gasteiger partial charge in [0.2, 0.25) is 6.39 Å². The normalized spacial score (nSPS) is 17.8. The van der Waals surface area contributed by atoms with Gasteiger partial charge in [-0.15, -0.1) is 0 Å². The van der Waals surface area contributed by atoms with Gasteiger partial charge in [0.1, 0.15) is 5.75 Å². The molecule has 0 fully saturated rings. The Morgan fingerprint density at radius 2 is 2.40 bits per heavy atom. The number of nitrogens with zero attached hydrogens (tertiary/aromatic N) is 2. The molecule has 3 rings (SSSR count). The number of rotatable bonds is 5. The van der Waals surface area contributed by atoms with Crippen LogP contribution in [0.4, 0.5) is 0 Å². The summed E-state index contributed by atoms with van der Waals surface area (Å²) in [6.45, 7) is 0.848. The lowest BCUT2D eigenvalue weighted by molar-refractivity contribution is 0.403. The van der Waals surface area contributed by atoms with Gasteiger partial charge in [0, 0.05) is 19.0 Å². The molecule has 0 amide bonds. The van der Waals surface area contributed by atoms with E-state index in [1.807, 2.05) is 6.07 Å². The van der Waals surface area contributed by atoms with Crippen LogP contribution in [0, 0.1) is 0 Å². The summed E-state index contributed by atoms with van der Waals surface area (Å²) < 4.78 is 10.1. The van der Waals surface area contributed by atoms with Crippen molar-refractivity contribution in [1.29, 1.82) is 0 Å². The van der Waals surface area contributed by atoms with E-state index in [2.05, 4.69) is 27.6 Å². The quantitative estimate of drug-likeness (QED) is 0.905. The van der Waals surface area contributed by atoms with Gasteiger partial charge in [-0.2, -0.15) is 4.98 Å². The Morgan fingerprint density at radius 1 is 1.45 bits per heavy atom. The summed E-state index contributed by atoms with van der Waals surface area (Å²) in [6.07, 6.45) is 5.69. The molecular weight excluding hydrogens is 254 g/mol. The Kier molecular flexibility index (Phi) is 3.97. The predicted molar refractivity (Wildman–Crippen MR) is 74.7 cm³/mol. The SMILES string of the molecule is COc1ccc2c(c1)C(NCCc1ncon1)CCC2. The fourth-order valence-electron chi connectivity index (χ4n) is 2.78. The third-order valence-electron chi connectivity index (χ3n) is 3.81. The smallest absolute Gasteiger partial charge is 0.213 e. The van der Waals surface area contributed by atoms with E-state index in [4.69, 9.17) is 9.26 Å². The summed E-state index contributed by atoms with van der Waals surface area (Å²) in [4.78, 5) is 4.03. The lowest BCUT2D eigenvalue weighted by Gasteiger charge is -2.27. The Bertz CT molecular complexity index is 554. The number of ether oxygens (including phenoxy) is 1. The van der Waals surface area contributed by atoms with Crippen LogP contribution >= 0.6 is 0 Å². The second-order valence-electron chi connectivity index (χ2n) is 5.06. The first-order chi connectivity index (χ1) is 9.86. The van der Waals surface area contributed by atoms with Gasteiger partial charge in [-0.3, -0.25) is 0 Å². The van der Waals surface area contributed by atoms with Gasteiger partial charge in [-0.05, 0) is 42.5 Å². The van der Waals surface area contributed by atoms with Crippen molar-refractivity contribution in [3.63, 3.8) is 0 Å². The van der Waals surface area contributed by atoms with Crippen molar-refractivity contribution in [2.75, 3.05) is 13.7 Å². The van der Waals surface area contributed by atoms with Gasteiger partial charge in [0.05, 0.1) is 7.11 Å². The minimum atomic E-state index is 0.390. The van der Waals surface area contributed by atoms with Crippen molar-refractivity contribution < 1.29 is 9.26 Å². The Labute approximate surface area is 118 Å². The second-order valence-corrected chi connectivity index (χ2v) is 5.06. The number of benzene rings is 1. The maximum absolute atomic E-state index is 5.33. The van der Waals surface area contributed by atoms with Crippen LogP contribution in [-0.4, -0.2) is 23.8 Å². The van der Waals surface area contributed by atoms with Gasteiger partial charge in [-0.1, -0.05) is 11.2 Å². The molecule has 1 heterocycles. The minimum absolute atomic E-state index is 0.390. The largest absolute Gasteiger partial charge is 0.497 e. The summed E-state index contributed by atoms with van der Waals surface area (Å²) in [5.74, 6) is 1.68. The van der Waals surface area contributed by atoms with Gasteiger partial charge >= 0.3 is 0 Å². The van der Waals surface area contributed by atoms with Crippen LogP contribution in [0.15, 0.2) is 29.1 Å². The first-order valence-electron chi connectivity index (χ1n) is 7.02. The molecule has 0 spiro atoms. The zero-order chi connectivity index (χ0) is 13.8. The maximum atomic E-state index is 5.33. The molecule has 0 saturated carbocycles. The van der Waals surface area contributed by atoms with E-state index in [-0.39, 0.29) is 0 Å². The summed E-state index contributed by atoms with van der Waals surface area (Å²) in [6, 6.07) is 6.77. The van der Waals surface area contributed by atoms with E-state index in [0.717, 1.165) is 37.4 Å². The van der Waals surface area contributed by atoms with Crippen molar-refractivity contribution in [1.82, 2.24) is 15.5 Å². The number of aryl methyl sites for hydroxylation is 1. The fraction of sp³-hybridized carbons (Fsp3) is 0.467. The topological polar surface area (TPSA) is 60.2 Å². The van der Waals surface area contributed by atoms with Crippen LogP contribution in [-0.2, 0) is 12.8 Å². The molecule has 1 aliphatic rings. The molecule has 20 heavy (non-hydrogen) atoms. The number of hydrogen-bond donors (Lipinski definition) is 1.